The van der Waals surface area contributed by atoms with Gasteiger partial charge in [0.25, 0.3) is 0 Å². The predicted octanol–water partition coefficient (Wildman–Crippen LogP) is 3.48. The number of nitrogens with zero attached hydrogens (tertiary/aromatic N) is 1. The molecule has 1 spiro atoms. The van der Waals surface area contributed by atoms with Gasteiger partial charge in [-0.15, -0.1) is 0 Å². The molecule has 1 aromatic rings. The molecule has 1 N–H and O–H groups in total. The van der Waals surface area contributed by atoms with E-state index in [4.69, 9.17) is 0 Å². The molecule has 2 aliphatic rings. The van der Waals surface area contributed by atoms with Gasteiger partial charge in [0.15, 0.2) is 0 Å². The summed E-state index contributed by atoms with van der Waals surface area (Å²) >= 11 is 0. The number of aryl methyl sites for hydroxylation is 1. The molecule has 0 radical (unpaired) electrons. The number of rotatable bonds is 0. The molecule has 1 heterocycles. The average Bonchev–Trinajstić information content (AvgIpc) is 2.50. The van der Waals surface area contributed by atoms with Crippen LogP contribution in [0.1, 0.15) is 44.1 Å². The lowest BCUT2D eigenvalue weighted by Gasteiger charge is -2.44. The standard InChI is InChI=1S/C16H22N2O/c1-12-7-6-8-13-15(12)17-14(19)11-16(18(13)2)9-4-3-5-10-16/h6-8H,3-5,9-11H2,1-2H3,(H,17,19). The van der Waals surface area contributed by atoms with Crippen molar-refractivity contribution in [1.82, 2.24) is 0 Å². The molecule has 1 fully saturated rings. The summed E-state index contributed by atoms with van der Waals surface area (Å²) < 4.78 is 0. The van der Waals surface area contributed by atoms with Crippen molar-refractivity contribution in [2.45, 2.75) is 51.0 Å². The van der Waals surface area contributed by atoms with E-state index in [2.05, 4.69) is 42.4 Å². The van der Waals surface area contributed by atoms with Crippen LogP contribution in [0.5, 0.6) is 0 Å². The van der Waals surface area contributed by atoms with Crippen LogP contribution in [0.3, 0.4) is 0 Å². The number of hydrogen-bond acceptors (Lipinski definition) is 2. The molecule has 1 aliphatic heterocycles. The van der Waals surface area contributed by atoms with Gasteiger partial charge in [-0.2, -0.15) is 0 Å². The first-order valence-electron chi connectivity index (χ1n) is 7.26. The van der Waals surface area contributed by atoms with E-state index in [1.807, 2.05) is 0 Å². The summed E-state index contributed by atoms with van der Waals surface area (Å²) in [5.74, 6) is 0.168. The summed E-state index contributed by atoms with van der Waals surface area (Å²) in [5.41, 5.74) is 3.34. The van der Waals surface area contributed by atoms with E-state index in [0.29, 0.717) is 6.42 Å². The van der Waals surface area contributed by atoms with Gasteiger partial charge in [-0.05, 0) is 31.4 Å². The molecule has 0 atom stereocenters. The van der Waals surface area contributed by atoms with Crippen LogP contribution < -0.4 is 10.2 Å². The van der Waals surface area contributed by atoms with E-state index < -0.39 is 0 Å². The Hall–Kier alpha value is -1.51. The monoisotopic (exact) mass is 258 g/mol. The maximum atomic E-state index is 12.3. The lowest BCUT2D eigenvalue weighted by Crippen LogP contribution is -2.49. The Morgan fingerprint density at radius 3 is 2.68 bits per heavy atom. The SMILES string of the molecule is Cc1cccc2c1NC(=O)CC1(CCCCC1)N2C. The Balaban J connectivity index is 2.09. The van der Waals surface area contributed by atoms with Gasteiger partial charge in [0.1, 0.15) is 0 Å². The van der Waals surface area contributed by atoms with Crippen molar-refractivity contribution in [3.8, 4) is 0 Å². The highest BCUT2D eigenvalue weighted by molar-refractivity contribution is 5.98. The van der Waals surface area contributed by atoms with Gasteiger partial charge in [0.05, 0.1) is 17.8 Å². The quantitative estimate of drug-likeness (QED) is 0.772. The molecule has 19 heavy (non-hydrogen) atoms. The highest BCUT2D eigenvalue weighted by Gasteiger charge is 2.41. The van der Waals surface area contributed by atoms with Crippen molar-refractivity contribution in [3.63, 3.8) is 0 Å². The van der Waals surface area contributed by atoms with Gasteiger partial charge in [0.2, 0.25) is 5.91 Å². The number of benzene rings is 1. The highest BCUT2D eigenvalue weighted by Crippen LogP contribution is 2.43. The molecule has 1 amide bonds. The second-order valence-corrected chi connectivity index (χ2v) is 6.04. The fourth-order valence-electron chi connectivity index (χ4n) is 3.67. The zero-order chi connectivity index (χ0) is 13.5. The van der Waals surface area contributed by atoms with E-state index in [1.165, 1.54) is 24.9 Å². The molecule has 1 saturated carbocycles. The van der Waals surface area contributed by atoms with Crippen molar-refractivity contribution < 1.29 is 4.79 Å². The molecule has 0 unspecified atom stereocenters. The molecular formula is C16H22N2O. The number of para-hydroxylation sites is 1. The minimum Gasteiger partial charge on any atom is -0.367 e. The fourth-order valence-corrected chi connectivity index (χ4v) is 3.67. The van der Waals surface area contributed by atoms with Crippen LogP contribution in [0.2, 0.25) is 0 Å². The number of anilines is 2. The molecule has 3 nitrogen and oxygen atoms in total. The van der Waals surface area contributed by atoms with Crippen molar-refractivity contribution >= 4 is 17.3 Å². The van der Waals surface area contributed by atoms with Crippen LogP contribution in [0, 0.1) is 6.92 Å². The molecule has 3 rings (SSSR count). The molecular weight excluding hydrogens is 236 g/mol. The van der Waals surface area contributed by atoms with Crippen LogP contribution in [0.4, 0.5) is 11.4 Å². The maximum absolute atomic E-state index is 12.3. The number of fused-ring (bicyclic) bond motifs is 1. The number of carbonyl (C=O) groups is 1. The predicted molar refractivity (Wildman–Crippen MR) is 78.6 cm³/mol. The normalized spacial score (nSPS) is 21.8. The van der Waals surface area contributed by atoms with Crippen LogP contribution >= 0.6 is 0 Å². The van der Waals surface area contributed by atoms with Crippen molar-refractivity contribution in [1.29, 1.82) is 0 Å². The molecule has 0 saturated heterocycles. The Kier molecular flexibility index (Phi) is 3.00. The summed E-state index contributed by atoms with van der Waals surface area (Å²) in [4.78, 5) is 14.6. The Morgan fingerprint density at radius 1 is 1.21 bits per heavy atom. The van der Waals surface area contributed by atoms with Crippen molar-refractivity contribution in [3.05, 3.63) is 23.8 Å². The van der Waals surface area contributed by atoms with E-state index in [1.54, 1.807) is 0 Å². The number of hydrogen-bond donors (Lipinski definition) is 1. The van der Waals surface area contributed by atoms with E-state index in [0.717, 1.165) is 24.1 Å². The Morgan fingerprint density at radius 2 is 1.95 bits per heavy atom. The van der Waals surface area contributed by atoms with Gasteiger partial charge in [-0.25, -0.2) is 0 Å². The number of amides is 1. The maximum Gasteiger partial charge on any atom is 0.226 e. The zero-order valence-electron chi connectivity index (χ0n) is 11.8. The van der Waals surface area contributed by atoms with Crippen molar-refractivity contribution in [2.24, 2.45) is 0 Å². The third kappa shape index (κ3) is 2.01. The fraction of sp³-hybridized carbons (Fsp3) is 0.562. The minimum absolute atomic E-state index is 0.0291. The first kappa shape index (κ1) is 12.5. The highest BCUT2D eigenvalue weighted by atomic mass is 16.1. The van der Waals surface area contributed by atoms with Crippen LogP contribution in [0.15, 0.2) is 18.2 Å². The van der Waals surface area contributed by atoms with Gasteiger partial charge < -0.3 is 10.2 Å². The first-order chi connectivity index (χ1) is 9.12. The lowest BCUT2D eigenvalue weighted by atomic mass is 9.78. The third-order valence-electron chi connectivity index (χ3n) is 4.86. The molecule has 1 aromatic carbocycles. The summed E-state index contributed by atoms with van der Waals surface area (Å²) in [5, 5.41) is 3.11. The van der Waals surface area contributed by atoms with Gasteiger partial charge in [-0.1, -0.05) is 31.4 Å². The second kappa shape index (κ2) is 4.55. The van der Waals surface area contributed by atoms with Gasteiger partial charge in [-0.3, -0.25) is 4.79 Å². The van der Waals surface area contributed by atoms with E-state index in [-0.39, 0.29) is 11.4 Å². The second-order valence-electron chi connectivity index (χ2n) is 6.04. The smallest absolute Gasteiger partial charge is 0.226 e. The average molecular weight is 258 g/mol. The number of carbonyl (C=O) groups excluding carboxylic acids is 1. The van der Waals surface area contributed by atoms with Crippen LogP contribution in [0.25, 0.3) is 0 Å². The molecule has 1 aliphatic carbocycles. The molecule has 0 aromatic heterocycles. The Labute approximate surface area is 115 Å². The van der Waals surface area contributed by atoms with Gasteiger partial charge in [0, 0.05) is 12.6 Å². The zero-order valence-corrected chi connectivity index (χ0v) is 11.8. The first-order valence-corrected chi connectivity index (χ1v) is 7.26. The summed E-state index contributed by atoms with van der Waals surface area (Å²) in [6.45, 7) is 2.06. The molecule has 0 bridgehead atoms. The summed E-state index contributed by atoms with van der Waals surface area (Å²) in [6, 6.07) is 6.27. The Bertz CT molecular complexity index is 503. The largest absolute Gasteiger partial charge is 0.367 e. The van der Waals surface area contributed by atoms with E-state index in [9.17, 15) is 4.79 Å². The lowest BCUT2D eigenvalue weighted by molar-refractivity contribution is -0.117. The number of nitrogens with one attached hydrogen (secondary N) is 1. The summed E-state index contributed by atoms with van der Waals surface area (Å²) in [6.07, 6.45) is 6.65. The van der Waals surface area contributed by atoms with Gasteiger partial charge >= 0.3 is 0 Å². The van der Waals surface area contributed by atoms with Crippen LogP contribution in [-0.2, 0) is 4.79 Å². The van der Waals surface area contributed by atoms with E-state index >= 15 is 0 Å². The third-order valence-corrected chi connectivity index (χ3v) is 4.86. The van der Waals surface area contributed by atoms with Crippen molar-refractivity contribution in [2.75, 3.05) is 17.3 Å². The molecule has 3 heteroatoms. The van der Waals surface area contributed by atoms with Crippen LogP contribution in [-0.4, -0.2) is 18.5 Å². The minimum atomic E-state index is 0.0291. The topological polar surface area (TPSA) is 32.3 Å². The summed E-state index contributed by atoms with van der Waals surface area (Å²) in [7, 11) is 2.16. The molecule has 102 valence electrons.